The van der Waals surface area contributed by atoms with Gasteiger partial charge in [-0.25, -0.2) is 13.4 Å². The van der Waals surface area contributed by atoms with Crippen LogP contribution < -0.4 is 0 Å². The van der Waals surface area contributed by atoms with Gasteiger partial charge in [-0.05, 0) is 30.2 Å². The van der Waals surface area contributed by atoms with Gasteiger partial charge in [-0.1, -0.05) is 67.6 Å². The summed E-state index contributed by atoms with van der Waals surface area (Å²) in [5, 5.41) is 0. The lowest BCUT2D eigenvalue weighted by Crippen LogP contribution is -1.99. The minimum absolute atomic E-state index is 0.226. The molecule has 4 aromatic rings. The van der Waals surface area contributed by atoms with Crippen LogP contribution in [0.1, 0.15) is 12.5 Å². The first kappa shape index (κ1) is 19.2. The van der Waals surface area contributed by atoms with E-state index in [0.717, 1.165) is 23.1 Å². The lowest BCUT2D eigenvalue weighted by molar-refractivity contribution is 0.583. The Hall–Kier alpha value is -3.18. The Labute approximate surface area is 170 Å². The van der Waals surface area contributed by atoms with E-state index in [0.29, 0.717) is 22.9 Å². The van der Waals surface area contributed by atoms with Gasteiger partial charge in [-0.15, -0.1) is 0 Å². The van der Waals surface area contributed by atoms with Crippen molar-refractivity contribution in [3.63, 3.8) is 0 Å². The molecule has 0 N–H and O–H groups in total. The Morgan fingerprint density at radius 3 is 2.14 bits per heavy atom. The molecule has 0 aliphatic heterocycles. The summed E-state index contributed by atoms with van der Waals surface area (Å²) in [6, 6.07) is 24.5. The molecule has 0 bridgehead atoms. The third-order valence-electron chi connectivity index (χ3n) is 4.83. The van der Waals surface area contributed by atoms with Crippen LogP contribution in [-0.4, -0.2) is 19.7 Å². The third-order valence-corrected chi connectivity index (χ3v) is 5.99. The average Bonchev–Trinajstić information content (AvgIpc) is 3.19. The summed E-state index contributed by atoms with van der Waals surface area (Å²) in [7, 11) is -3.44. The predicted octanol–water partition coefficient (Wildman–Crippen LogP) is 5.64. The number of hydrogen-bond acceptors (Lipinski definition) is 4. The molecule has 3 aromatic carbocycles. The summed E-state index contributed by atoms with van der Waals surface area (Å²) >= 11 is 0. The summed E-state index contributed by atoms with van der Waals surface area (Å²) in [6.07, 6.45) is 2.05. The van der Waals surface area contributed by atoms with E-state index in [9.17, 15) is 8.42 Å². The highest BCUT2D eigenvalue weighted by Gasteiger charge is 2.23. The first-order valence-corrected chi connectivity index (χ1v) is 11.3. The minimum atomic E-state index is -3.44. The molecule has 1 heterocycles. The first-order valence-electron chi connectivity index (χ1n) is 9.43. The molecular weight excluding hydrogens is 382 g/mol. The maximum absolute atomic E-state index is 12.4. The number of aryl methyl sites for hydroxylation is 1. The van der Waals surface area contributed by atoms with Crippen LogP contribution in [0, 0.1) is 0 Å². The van der Waals surface area contributed by atoms with Crippen molar-refractivity contribution in [2.45, 2.75) is 18.2 Å². The molecule has 0 aliphatic rings. The molecule has 146 valence electrons. The molecule has 0 fully saturated rings. The molecule has 0 unspecified atom stereocenters. The van der Waals surface area contributed by atoms with E-state index in [1.54, 1.807) is 24.3 Å². The molecule has 0 aliphatic carbocycles. The number of sulfone groups is 1. The molecule has 0 saturated carbocycles. The normalized spacial score (nSPS) is 11.5. The molecule has 29 heavy (non-hydrogen) atoms. The largest absolute Gasteiger partial charge is 0.435 e. The zero-order valence-corrected chi connectivity index (χ0v) is 17.1. The van der Waals surface area contributed by atoms with Crippen LogP contribution in [0.25, 0.3) is 34.0 Å². The molecule has 4 rings (SSSR count). The first-order chi connectivity index (χ1) is 14.0. The summed E-state index contributed by atoms with van der Waals surface area (Å²) in [5.41, 5.74) is 4.05. The van der Waals surface area contributed by atoms with Gasteiger partial charge in [-0.3, -0.25) is 0 Å². The zero-order valence-electron chi connectivity index (χ0n) is 16.3. The van der Waals surface area contributed by atoms with Crippen molar-refractivity contribution in [3.05, 3.63) is 84.4 Å². The number of benzene rings is 3. The molecule has 5 heteroatoms. The number of rotatable bonds is 5. The summed E-state index contributed by atoms with van der Waals surface area (Å²) in [5.74, 6) is 0.942. The van der Waals surface area contributed by atoms with Crippen LogP contribution in [-0.2, 0) is 16.3 Å². The van der Waals surface area contributed by atoms with E-state index in [1.165, 1.54) is 6.26 Å². The van der Waals surface area contributed by atoms with Crippen molar-refractivity contribution in [1.29, 1.82) is 0 Å². The van der Waals surface area contributed by atoms with Gasteiger partial charge in [0.05, 0.1) is 4.90 Å². The standard InChI is InChI=1S/C24H21NO3S/c1-3-17-11-7-8-14-19(17)24-25-22(18-12-5-4-6-13-18)23(28-24)20-15-9-10-16-21(20)29(2,26)27/h4-16H,3H2,1-2H3. The third kappa shape index (κ3) is 3.74. The molecule has 0 radical (unpaired) electrons. The highest BCUT2D eigenvalue weighted by atomic mass is 32.2. The Morgan fingerprint density at radius 2 is 1.45 bits per heavy atom. The highest BCUT2D eigenvalue weighted by Crippen LogP contribution is 2.39. The SMILES string of the molecule is CCc1ccccc1-c1nc(-c2ccccc2)c(-c2ccccc2S(C)(=O)=O)o1. The monoisotopic (exact) mass is 403 g/mol. The fraction of sp³-hybridized carbons (Fsp3) is 0.125. The number of aromatic nitrogens is 1. The van der Waals surface area contributed by atoms with Crippen molar-refractivity contribution in [3.8, 4) is 34.0 Å². The fourth-order valence-corrected chi connectivity index (χ4v) is 4.31. The van der Waals surface area contributed by atoms with Crippen LogP contribution in [0.4, 0.5) is 0 Å². The van der Waals surface area contributed by atoms with Gasteiger partial charge in [0, 0.05) is 22.9 Å². The smallest absolute Gasteiger partial charge is 0.227 e. The van der Waals surface area contributed by atoms with Crippen molar-refractivity contribution in [2.75, 3.05) is 6.26 Å². The molecule has 0 saturated heterocycles. The Bertz CT molecular complexity index is 1260. The van der Waals surface area contributed by atoms with E-state index in [4.69, 9.17) is 9.40 Å². The van der Waals surface area contributed by atoms with Crippen LogP contribution in [0.15, 0.2) is 88.2 Å². The van der Waals surface area contributed by atoms with Gasteiger partial charge in [0.2, 0.25) is 5.89 Å². The van der Waals surface area contributed by atoms with E-state index >= 15 is 0 Å². The molecule has 0 amide bonds. The number of hydrogen-bond donors (Lipinski definition) is 0. The summed E-state index contributed by atoms with van der Waals surface area (Å²) in [4.78, 5) is 5.02. The molecular formula is C24H21NO3S. The summed E-state index contributed by atoms with van der Waals surface area (Å²) in [6.45, 7) is 2.08. The van der Waals surface area contributed by atoms with Crippen molar-refractivity contribution in [2.24, 2.45) is 0 Å². The van der Waals surface area contributed by atoms with E-state index in [1.807, 2.05) is 54.6 Å². The molecule has 1 aromatic heterocycles. The minimum Gasteiger partial charge on any atom is -0.435 e. The zero-order chi connectivity index (χ0) is 20.4. The topological polar surface area (TPSA) is 60.2 Å². The maximum atomic E-state index is 12.4. The Kier molecular flexibility index (Phi) is 5.07. The predicted molar refractivity (Wildman–Crippen MR) is 115 cm³/mol. The maximum Gasteiger partial charge on any atom is 0.227 e. The average molecular weight is 404 g/mol. The van der Waals surface area contributed by atoms with Gasteiger partial charge in [0.1, 0.15) is 5.69 Å². The van der Waals surface area contributed by atoms with Gasteiger partial charge < -0.3 is 4.42 Å². The molecule has 0 atom stereocenters. The fourth-order valence-electron chi connectivity index (χ4n) is 3.42. The second-order valence-electron chi connectivity index (χ2n) is 6.84. The van der Waals surface area contributed by atoms with Crippen molar-refractivity contribution >= 4 is 9.84 Å². The quantitative estimate of drug-likeness (QED) is 0.432. The lowest BCUT2D eigenvalue weighted by atomic mass is 10.1. The van der Waals surface area contributed by atoms with Crippen LogP contribution in [0.3, 0.4) is 0 Å². The second-order valence-corrected chi connectivity index (χ2v) is 8.83. The van der Waals surface area contributed by atoms with Crippen LogP contribution >= 0.6 is 0 Å². The van der Waals surface area contributed by atoms with Gasteiger partial charge in [0.15, 0.2) is 15.6 Å². The number of nitrogens with zero attached hydrogens (tertiary/aromatic N) is 1. The summed E-state index contributed by atoms with van der Waals surface area (Å²) < 4.78 is 31.0. The second kappa shape index (κ2) is 7.68. The van der Waals surface area contributed by atoms with Crippen molar-refractivity contribution in [1.82, 2.24) is 4.98 Å². The van der Waals surface area contributed by atoms with E-state index < -0.39 is 9.84 Å². The Balaban J connectivity index is 2.01. The van der Waals surface area contributed by atoms with Gasteiger partial charge >= 0.3 is 0 Å². The highest BCUT2D eigenvalue weighted by molar-refractivity contribution is 7.90. The molecule has 0 spiro atoms. The van der Waals surface area contributed by atoms with E-state index in [2.05, 4.69) is 6.92 Å². The van der Waals surface area contributed by atoms with Gasteiger partial charge in [0.25, 0.3) is 0 Å². The van der Waals surface area contributed by atoms with E-state index in [-0.39, 0.29) is 4.90 Å². The lowest BCUT2D eigenvalue weighted by Gasteiger charge is -2.07. The van der Waals surface area contributed by atoms with Gasteiger partial charge in [-0.2, -0.15) is 0 Å². The van der Waals surface area contributed by atoms with Crippen LogP contribution in [0.2, 0.25) is 0 Å². The Morgan fingerprint density at radius 1 is 0.828 bits per heavy atom. The number of oxazole rings is 1. The van der Waals surface area contributed by atoms with Crippen molar-refractivity contribution < 1.29 is 12.8 Å². The molecule has 4 nitrogen and oxygen atoms in total. The van der Waals surface area contributed by atoms with Crippen LogP contribution in [0.5, 0.6) is 0 Å².